The van der Waals surface area contributed by atoms with Gasteiger partial charge >= 0.3 is 0 Å². The first-order chi connectivity index (χ1) is 7.54. The quantitative estimate of drug-likeness (QED) is 0.668. The summed E-state index contributed by atoms with van der Waals surface area (Å²) in [5, 5.41) is 0. The van der Waals surface area contributed by atoms with Crippen LogP contribution in [0.25, 0.3) is 5.57 Å². The van der Waals surface area contributed by atoms with Gasteiger partial charge in [0.05, 0.1) is 0 Å². The molecule has 0 aromatic heterocycles. The Morgan fingerprint density at radius 3 is 2.56 bits per heavy atom. The first-order valence-corrected chi connectivity index (χ1v) is 6.36. The molecule has 0 radical (unpaired) electrons. The van der Waals surface area contributed by atoms with Crippen LogP contribution in [0.2, 0.25) is 0 Å². The minimum absolute atomic E-state index is 0.252. The lowest BCUT2D eigenvalue weighted by Crippen LogP contribution is -2.14. The molecule has 1 aromatic carbocycles. The molecule has 0 aliphatic heterocycles. The molecule has 0 N–H and O–H groups in total. The molecule has 86 valence electrons. The van der Waals surface area contributed by atoms with Crippen molar-refractivity contribution < 1.29 is 0 Å². The molecule has 0 fully saturated rings. The Kier molecular flexibility index (Phi) is 2.92. The highest BCUT2D eigenvalue weighted by Crippen LogP contribution is 2.38. The summed E-state index contributed by atoms with van der Waals surface area (Å²) in [5.41, 5.74) is 6.42. The van der Waals surface area contributed by atoms with Gasteiger partial charge < -0.3 is 0 Å². The van der Waals surface area contributed by atoms with Crippen molar-refractivity contribution >= 4 is 5.57 Å². The standard InChI is InChI=1S/C16H22/c1-5-7-12-10-11-13-8-6-9-14(15(12)13)16(2,3)4/h6,8-10H,5,7,11H2,1-4H3. The fourth-order valence-electron chi connectivity index (χ4n) is 2.61. The van der Waals surface area contributed by atoms with E-state index in [1.54, 1.807) is 11.1 Å². The number of hydrogen-bond acceptors (Lipinski definition) is 0. The van der Waals surface area contributed by atoms with Gasteiger partial charge in [-0.3, -0.25) is 0 Å². The van der Waals surface area contributed by atoms with E-state index in [1.165, 1.54) is 24.0 Å². The average molecular weight is 214 g/mol. The van der Waals surface area contributed by atoms with Crippen molar-refractivity contribution in [1.29, 1.82) is 0 Å². The molecule has 0 bridgehead atoms. The first-order valence-electron chi connectivity index (χ1n) is 6.36. The molecule has 0 unspecified atom stereocenters. The molecule has 0 saturated heterocycles. The molecule has 0 atom stereocenters. The molecule has 2 rings (SSSR count). The van der Waals surface area contributed by atoms with Crippen LogP contribution in [0, 0.1) is 0 Å². The van der Waals surface area contributed by atoms with Gasteiger partial charge in [0.2, 0.25) is 0 Å². The third-order valence-electron chi connectivity index (χ3n) is 3.37. The van der Waals surface area contributed by atoms with E-state index in [-0.39, 0.29) is 5.41 Å². The predicted molar refractivity (Wildman–Crippen MR) is 71.7 cm³/mol. The van der Waals surface area contributed by atoms with Gasteiger partial charge in [0.25, 0.3) is 0 Å². The SMILES string of the molecule is CCCC1=CCc2cccc(C(C)(C)C)c21. The minimum atomic E-state index is 0.252. The van der Waals surface area contributed by atoms with Gasteiger partial charge in [0.15, 0.2) is 0 Å². The average Bonchev–Trinajstić information content (AvgIpc) is 2.61. The summed E-state index contributed by atoms with van der Waals surface area (Å²) in [6.45, 7) is 9.19. The largest absolute Gasteiger partial charge is 0.0763 e. The van der Waals surface area contributed by atoms with Crippen molar-refractivity contribution in [3.63, 3.8) is 0 Å². The van der Waals surface area contributed by atoms with E-state index < -0.39 is 0 Å². The number of fused-ring (bicyclic) bond motifs is 1. The lowest BCUT2D eigenvalue weighted by molar-refractivity contribution is 0.588. The second-order valence-corrected chi connectivity index (χ2v) is 5.77. The summed E-state index contributed by atoms with van der Waals surface area (Å²) in [7, 11) is 0. The van der Waals surface area contributed by atoms with Gasteiger partial charge in [0.1, 0.15) is 0 Å². The van der Waals surface area contributed by atoms with Crippen LogP contribution in [-0.2, 0) is 11.8 Å². The monoisotopic (exact) mass is 214 g/mol. The number of rotatable bonds is 2. The van der Waals surface area contributed by atoms with Gasteiger partial charge in [0, 0.05) is 0 Å². The van der Waals surface area contributed by atoms with Crippen LogP contribution in [0.15, 0.2) is 24.3 Å². The maximum atomic E-state index is 2.42. The predicted octanol–water partition coefficient (Wildman–Crippen LogP) is 4.72. The Hall–Kier alpha value is -1.04. The third kappa shape index (κ3) is 1.93. The number of benzene rings is 1. The second-order valence-electron chi connectivity index (χ2n) is 5.77. The number of allylic oxidation sites excluding steroid dienone is 2. The fourth-order valence-corrected chi connectivity index (χ4v) is 2.61. The Bertz CT molecular complexity index is 416. The van der Waals surface area contributed by atoms with Crippen LogP contribution < -0.4 is 0 Å². The van der Waals surface area contributed by atoms with E-state index in [0.29, 0.717) is 0 Å². The highest BCUT2D eigenvalue weighted by atomic mass is 14.3. The van der Waals surface area contributed by atoms with Crippen LogP contribution in [0.1, 0.15) is 57.2 Å². The zero-order chi connectivity index (χ0) is 11.8. The molecule has 16 heavy (non-hydrogen) atoms. The molecule has 1 aromatic rings. The Morgan fingerprint density at radius 2 is 1.94 bits per heavy atom. The van der Waals surface area contributed by atoms with Crippen LogP contribution in [0.5, 0.6) is 0 Å². The van der Waals surface area contributed by atoms with E-state index in [0.717, 1.165) is 6.42 Å². The highest BCUT2D eigenvalue weighted by molar-refractivity contribution is 5.76. The zero-order valence-electron chi connectivity index (χ0n) is 10.9. The van der Waals surface area contributed by atoms with Gasteiger partial charge in [-0.05, 0) is 40.5 Å². The molecule has 0 spiro atoms. The molecule has 0 amide bonds. The van der Waals surface area contributed by atoms with Gasteiger partial charge in [-0.1, -0.05) is 58.4 Å². The van der Waals surface area contributed by atoms with E-state index in [2.05, 4.69) is 52.0 Å². The van der Waals surface area contributed by atoms with E-state index in [4.69, 9.17) is 0 Å². The molecule has 1 aliphatic carbocycles. The molecule has 0 nitrogen and oxygen atoms in total. The molecule has 0 heterocycles. The Labute approximate surface area is 99.4 Å². The van der Waals surface area contributed by atoms with E-state index >= 15 is 0 Å². The van der Waals surface area contributed by atoms with Crippen LogP contribution >= 0.6 is 0 Å². The van der Waals surface area contributed by atoms with Crippen molar-refractivity contribution in [2.45, 2.75) is 52.4 Å². The van der Waals surface area contributed by atoms with Gasteiger partial charge in [-0.2, -0.15) is 0 Å². The Morgan fingerprint density at radius 1 is 1.19 bits per heavy atom. The van der Waals surface area contributed by atoms with Crippen molar-refractivity contribution in [3.8, 4) is 0 Å². The van der Waals surface area contributed by atoms with Crippen molar-refractivity contribution in [2.75, 3.05) is 0 Å². The number of hydrogen-bond donors (Lipinski definition) is 0. The molecule has 0 heteroatoms. The van der Waals surface area contributed by atoms with Crippen LogP contribution in [0.4, 0.5) is 0 Å². The van der Waals surface area contributed by atoms with Crippen molar-refractivity contribution in [3.05, 3.63) is 41.0 Å². The Balaban J connectivity index is 2.51. The van der Waals surface area contributed by atoms with Crippen LogP contribution in [0.3, 0.4) is 0 Å². The van der Waals surface area contributed by atoms with Crippen LogP contribution in [-0.4, -0.2) is 0 Å². The lowest BCUT2D eigenvalue weighted by Gasteiger charge is -2.24. The smallest absolute Gasteiger partial charge is 0.00853 e. The maximum Gasteiger partial charge on any atom is -0.00853 e. The summed E-state index contributed by atoms with van der Waals surface area (Å²) >= 11 is 0. The minimum Gasteiger partial charge on any atom is -0.0763 e. The van der Waals surface area contributed by atoms with Gasteiger partial charge in [-0.15, -0.1) is 0 Å². The van der Waals surface area contributed by atoms with E-state index in [9.17, 15) is 0 Å². The molecular formula is C16H22. The summed E-state index contributed by atoms with van der Waals surface area (Å²) in [4.78, 5) is 0. The third-order valence-corrected chi connectivity index (χ3v) is 3.37. The maximum absolute atomic E-state index is 2.42. The molecule has 1 aliphatic rings. The summed E-state index contributed by atoms with van der Waals surface area (Å²) in [6, 6.07) is 6.79. The lowest BCUT2D eigenvalue weighted by atomic mass is 9.81. The van der Waals surface area contributed by atoms with Crippen molar-refractivity contribution in [2.24, 2.45) is 0 Å². The van der Waals surface area contributed by atoms with E-state index in [1.807, 2.05) is 0 Å². The molecule has 0 saturated carbocycles. The zero-order valence-corrected chi connectivity index (χ0v) is 10.9. The fraction of sp³-hybridized carbons (Fsp3) is 0.500. The highest BCUT2D eigenvalue weighted by Gasteiger charge is 2.23. The normalized spacial score (nSPS) is 14.9. The van der Waals surface area contributed by atoms with Crippen molar-refractivity contribution in [1.82, 2.24) is 0 Å². The first kappa shape index (κ1) is 11.4. The summed E-state index contributed by atoms with van der Waals surface area (Å²) in [5.74, 6) is 0. The topological polar surface area (TPSA) is 0 Å². The second kappa shape index (κ2) is 4.08. The van der Waals surface area contributed by atoms with Gasteiger partial charge in [-0.25, -0.2) is 0 Å². The molecular weight excluding hydrogens is 192 g/mol. The summed E-state index contributed by atoms with van der Waals surface area (Å²) in [6.07, 6.45) is 6.02. The summed E-state index contributed by atoms with van der Waals surface area (Å²) < 4.78 is 0.